The topological polar surface area (TPSA) is 71.5 Å². The van der Waals surface area contributed by atoms with E-state index >= 15 is 0 Å². The molecule has 1 aliphatic rings. The summed E-state index contributed by atoms with van der Waals surface area (Å²) in [4.78, 5) is 31.4. The zero-order chi connectivity index (χ0) is 16.9. The fourth-order valence-corrected chi connectivity index (χ4v) is 4.12. The van der Waals surface area contributed by atoms with Gasteiger partial charge in [0.15, 0.2) is 5.13 Å². The van der Waals surface area contributed by atoms with Crippen LogP contribution in [0.15, 0.2) is 22.9 Å². The molecule has 0 saturated carbocycles. The zero-order valence-electron chi connectivity index (χ0n) is 13.4. The first-order valence-corrected chi connectivity index (χ1v) is 9.65. The number of thiazole rings is 1. The number of likely N-dealkylation sites (tertiary alicyclic amines) is 1. The van der Waals surface area contributed by atoms with Gasteiger partial charge in [0.05, 0.1) is 23.1 Å². The molecular formula is C16H19N3O3S2. The highest BCUT2D eigenvalue weighted by Crippen LogP contribution is 2.29. The average molecular weight is 365 g/mol. The van der Waals surface area contributed by atoms with Crippen molar-refractivity contribution in [1.82, 2.24) is 9.88 Å². The fourth-order valence-electron chi connectivity index (χ4n) is 2.65. The number of nitrogens with one attached hydrogen (secondary N) is 1. The third-order valence-electron chi connectivity index (χ3n) is 3.83. The maximum atomic E-state index is 12.5. The van der Waals surface area contributed by atoms with Crippen LogP contribution in [0.5, 0.6) is 0 Å². The first kappa shape index (κ1) is 16.9. The highest BCUT2D eigenvalue weighted by molar-refractivity contribution is 7.16. The van der Waals surface area contributed by atoms with E-state index in [0.29, 0.717) is 24.8 Å². The molecule has 6 nitrogen and oxygen atoms in total. The second kappa shape index (κ2) is 7.76. The Kier molecular flexibility index (Phi) is 5.47. The molecule has 8 heteroatoms. The molecular weight excluding hydrogens is 346 g/mol. The molecule has 2 aromatic rings. The van der Waals surface area contributed by atoms with Gasteiger partial charge in [0.25, 0.3) is 0 Å². The minimum Gasteiger partial charge on any atom is -0.450 e. The van der Waals surface area contributed by atoms with Crippen LogP contribution in [-0.2, 0) is 9.53 Å². The van der Waals surface area contributed by atoms with E-state index in [0.717, 1.165) is 23.4 Å². The van der Waals surface area contributed by atoms with Gasteiger partial charge in [0, 0.05) is 18.5 Å². The smallest absolute Gasteiger partial charge is 0.409 e. The predicted octanol–water partition coefficient (Wildman–Crippen LogP) is 3.68. The molecule has 0 aliphatic carbocycles. The summed E-state index contributed by atoms with van der Waals surface area (Å²) in [5.41, 5.74) is 0.877. The number of anilines is 1. The molecule has 0 spiro atoms. The second-order valence-corrected chi connectivity index (χ2v) is 7.29. The highest BCUT2D eigenvalue weighted by Gasteiger charge is 2.29. The monoisotopic (exact) mass is 365 g/mol. The maximum Gasteiger partial charge on any atom is 0.409 e. The van der Waals surface area contributed by atoms with Gasteiger partial charge in [0.1, 0.15) is 0 Å². The Hall–Kier alpha value is -1.93. The van der Waals surface area contributed by atoms with Gasteiger partial charge in [-0.3, -0.25) is 4.79 Å². The number of carbonyl (C=O) groups excluding carboxylic acids is 2. The Morgan fingerprint density at radius 3 is 3.08 bits per heavy atom. The molecule has 1 fully saturated rings. The molecule has 24 heavy (non-hydrogen) atoms. The Morgan fingerprint density at radius 1 is 1.46 bits per heavy atom. The largest absolute Gasteiger partial charge is 0.450 e. The molecule has 1 unspecified atom stereocenters. The first-order chi connectivity index (χ1) is 11.7. The Labute approximate surface area is 148 Å². The van der Waals surface area contributed by atoms with Crippen LogP contribution in [-0.4, -0.2) is 41.6 Å². The van der Waals surface area contributed by atoms with E-state index in [-0.39, 0.29) is 17.9 Å². The maximum absolute atomic E-state index is 12.5. The van der Waals surface area contributed by atoms with Crippen molar-refractivity contribution in [3.05, 3.63) is 22.9 Å². The normalized spacial score (nSPS) is 17.5. The summed E-state index contributed by atoms with van der Waals surface area (Å²) < 4.78 is 5.02. The lowest BCUT2D eigenvalue weighted by atomic mass is 9.97. The molecule has 3 heterocycles. The Bertz CT molecular complexity index is 699. The van der Waals surface area contributed by atoms with Gasteiger partial charge in [-0.1, -0.05) is 6.07 Å². The Balaban J connectivity index is 1.59. The number of rotatable bonds is 4. The van der Waals surface area contributed by atoms with Crippen molar-refractivity contribution in [2.75, 3.05) is 25.0 Å². The number of amides is 2. The van der Waals surface area contributed by atoms with Gasteiger partial charge in [0.2, 0.25) is 5.91 Å². The third-order valence-corrected chi connectivity index (χ3v) is 5.48. The number of nitrogens with zero attached hydrogens (tertiary/aromatic N) is 2. The van der Waals surface area contributed by atoms with Crippen molar-refractivity contribution in [2.45, 2.75) is 19.8 Å². The fraction of sp³-hybridized carbons (Fsp3) is 0.438. The van der Waals surface area contributed by atoms with E-state index in [2.05, 4.69) is 10.3 Å². The number of aromatic nitrogens is 1. The summed E-state index contributed by atoms with van der Waals surface area (Å²) in [6, 6.07) is 3.98. The van der Waals surface area contributed by atoms with Crippen LogP contribution < -0.4 is 5.32 Å². The minimum absolute atomic E-state index is 0.0870. The van der Waals surface area contributed by atoms with Crippen molar-refractivity contribution >= 4 is 39.8 Å². The van der Waals surface area contributed by atoms with Crippen LogP contribution in [0.2, 0.25) is 0 Å². The Morgan fingerprint density at radius 2 is 2.33 bits per heavy atom. The lowest BCUT2D eigenvalue weighted by molar-refractivity contribution is -0.121. The quantitative estimate of drug-likeness (QED) is 0.897. The van der Waals surface area contributed by atoms with E-state index in [9.17, 15) is 9.59 Å². The highest BCUT2D eigenvalue weighted by atomic mass is 32.1. The zero-order valence-corrected chi connectivity index (χ0v) is 15.0. The van der Waals surface area contributed by atoms with Gasteiger partial charge >= 0.3 is 6.09 Å². The number of thiophene rings is 1. The molecule has 1 aliphatic heterocycles. The molecule has 0 bridgehead atoms. The van der Waals surface area contributed by atoms with E-state index in [1.165, 1.54) is 11.3 Å². The van der Waals surface area contributed by atoms with Crippen molar-refractivity contribution in [3.63, 3.8) is 0 Å². The van der Waals surface area contributed by atoms with E-state index in [1.807, 2.05) is 22.9 Å². The van der Waals surface area contributed by atoms with Gasteiger partial charge < -0.3 is 15.0 Å². The van der Waals surface area contributed by atoms with Gasteiger partial charge in [-0.25, -0.2) is 9.78 Å². The number of hydrogen-bond donors (Lipinski definition) is 1. The summed E-state index contributed by atoms with van der Waals surface area (Å²) in [7, 11) is 0. The summed E-state index contributed by atoms with van der Waals surface area (Å²) in [6.07, 6.45) is 1.23. The molecule has 1 atom stereocenters. The summed E-state index contributed by atoms with van der Waals surface area (Å²) in [5, 5.41) is 7.41. The summed E-state index contributed by atoms with van der Waals surface area (Å²) >= 11 is 3.03. The lowest BCUT2D eigenvalue weighted by Gasteiger charge is -2.30. The molecule has 2 aromatic heterocycles. The molecule has 0 aromatic carbocycles. The van der Waals surface area contributed by atoms with Crippen molar-refractivity contribution in [1.29, 1.82) is 0 Å². The van der Waals surface area contributed by atoms with E-state index in [1.54, 1.807) is 23.2 Å². The van der Waals surface area contributed by atoms with E-state index in [4.69, 9.17) is 4.74 Å². The van der Waals surface area contributed by atoms with Crippen LogP contribution >= 0.6 is 22.7 Å². The third kappa shape index (κ3) is 3.93. The first-order valence-electron chi connectivity index (χ1n) is 7.89. The van der Waals surface area contributed by atoms with Gasteiger partial charge in [-0.05, 0) is 31.2 Å². The van der Waals surface area contributed by atoms with Crippen LogP contribution in [0.25, 0.3) is 10.6 Å². The molecule has 128 valence electrons. The van der Waals surface area contributed by atoms with Crippen molar-refractivity contribution < 1.29 is 14.3 Å². The number of hydrogen-bond acceptors (Lipinski definition) is 6. The van der Waals surface area contributed by atoms with Crippen LogP contribution in [0.3, 0.4) is 0 Å². The molecule has 3 rings (SSSR count). The molecule has 1 N–H and O–H groups in total. The van der Waals surface area contributed by atoms with Crippen molar-refractivity contribution in [3.8, 4) is 10.6 Å². The molecule has 1 saturated heterocycles. The predicted molar refractivity (Wildman–Crippen MR) is 95.4 cm³/mol. The molecule has 2 amide bonds. The standard InChI is InChI=1S/C16H19N3O3S2/c1-2-22-16(21)19-7-3-5-11(9-19)14(20)18-15-17-12(10-24-15)13-6-4-8-23-13/h4,6,8,10-11H,2-3,5,7,9H2,1H3,(H,17,18,20). The van der Waals surface area contributed by atoms with Crippen LogP contribution in [0.1, 0.15) is 19.8 Å². The summed E-state index contributed by atoms with van der Waals surface area (Å²) in [5.74, 6) is -0.312. The van der Waals surface area contributed by atoms with E-state index < -0.39 is 0 Å². The SMILES string of the molecule is CCOC(=O)N1CCCC(C(=O)Nc2nc(-c3cccs3)cs2)C1. The van der Waals surface area contributed by atoms with Crippen LogP contribution in [0, 0.1) is 5.92 Å². The minimum atomic E-state index is -0.343. The number of piperidine rings is 1. The number of ether oxygens (including phenoxy) is 1. The summed E-state index contributed by atoms with van der Waals surface area (Å²) in [6.45, 7) is 3.16. The number of carbonyl (C=O) groups is 2. The molecule has 0 radical (unpaired) electrons. The van der Waals surface area contributed by atoms with Gasteiger partial charge in [-0.2, -0.15) is 0 Å². The van der Waals surface area contributed by atoms with Gasteiger partial charge in [-0.15, -0.1) is 22.7 Å². The second-order valence-electron chi connectivity index (χ2n) is 5.49. The lowest BCUT2D eigenvalue weighted by Crippen LogP contribution is -2.44. The van der Waals surface area contributed by atoms with Crippen LogP contribution in [0.4, 0.5) is 9.93 Å². The average Bonchev–Trinajstić information content (AvgIpc) is 3.26. The van der Waals surface area contributed by atoms with Crippen molar-refractivity contribution in [2.24, 2.45) is 5.92 Å².